The molecule has 0 fully saturated rings. The molecule has 0 aromatic heterocycles. The Labute approximate surface area is 104 Å². The fourth-order valence-corrected chi connectivity index (χ4v) is 0.877. The Kier molecular flexibility index (Phi) is 9.95. The zero-order valence-electron chi connectivity index (χ0n) is 7.78. The number of rotatable bonds is 1. The summed E-state index contributed by atoms with van der Waals surface area (Å²) in [6.45, 7) is 4.00. The van der Waals surface area contributed by atoms with E-state index >= 15 is 0 Å². The zero-order valence-corrected chi connectivity index (χ0v) is 14.1. The number of hydrogen-bond acceptors (Lipinski definition) is 2. The van der Waals surface area contributed by atoms with Gasteiger partial charge in [0.2, 0.25) is 0 Å². The van der Waals surface area contributed by atoms with Crippen LogP contribution in [0.15, 0.2) is 29.2 Å². The minimum absolute atomic E-state index is 0. The molecule has 13 heavy (non-hydrogen) atoms. The molecule has 0 saturated heterocycles. The van der Waals surface area contributed by atoms with Crippen molar-refractivity contribution in [1.29, 1.82) is 0 Å². The molecule has 0 saturated carbocycles. The Balaban J connectivity index is 0. The molecule has 0 heterocycles. The molecule has 1 aromatic rings. The summed E-state index contributed by atoms with van der Waals surface area (Å²) in [6, 6.07) is 6.46. The first-order valence-electron chi connectivity index (χ1n) is 3.71. The van der Waals surface area contributed by atoms with Crippen molar-refractivity contribution < 1.29 is 37.6 Å². The summed E-state index contributed by atoms with van der Waals surface area (Å²) in [5, 5.41) is 8.50. The van der Waals surface area contributed by atoms with Crippen LogP contribution in [0.2, 0.25) is 0 Å². The van der Waals surface area contributed by atoms with Crippen LogP contribution in [0.25, 0.3) is 0 Å². The Bertz CT molecular complexity index is 264. The first kappa shape index (κ1) is 15.3. The molecular weight excluding hydrogens is 373 g/mol. The average molecular weight is 384 g/mol. The molecule has 1 rings (SSSR count). The summed E-state index contributed by atoms with van der Waals surface area (Å²) in [5.41, 5.74) is 0.192. The van der Waals surface area contributed by atoms with E-state index in [9.17, 15) is 4.79 Å². The predicted octanol–water partition coefficient (Wildman–Crippen LogP) is 2.31. The molecule has 0 unspecified atom stereocenters. The standard InChI is InChI=1S/C7H6O2S.C2H6.Hg/c8-7(9)5-3-1-2-4-6(5)10;1-2;/h1-4,10H,(H,8,9);1-2H3;/q;;+1/p-1. The first-order valence-corrected chi connectivity index (χ1v) is 4.12. The fraction of sp³-hybridized carbons (Fsp3) is 0.222. The maximum Gasteiger partial charge on any atom is 1.00 e. The van der Waals surface area contributed by atoms with Crippen LogP contribution in [0.5, 0.6) is 0 Å². The largest absolute Gasteiger partial charge is 1.00 e. The smallest absolute Gasteiger partial charge is 0.779 e. The molecule has 2 nitrogen and oxygen atoms in total. The first-order chi connectivity index (χ1) is 5.72. The summed E-state index contributed by atoms with van der Waals surface area (Å²) in [5.74, 6) is -0.967. The molecule has 0 spiro atoms. The van der Waals surface area contributed by atoms with E-state index in [0.29, 0.717) is 4.90 Å². The molecule has 0 bridgehead atoms. The third-order valence-corrected chi connectivity index (χ3v) is 1.47. The van der Waals surface area contributed by atoms with E-state index in [0.717, 1.165) is 0 Å². The van der Waals surface area contributed by atoms with E-state index in [1.165, 1.54) is 6.07 Å². The molecule has 1 radical (unpaired) electrons. The van der Waals surface area contributed by atoms with Crippen LogP contribution in [0.1, 0.15) is 24.2 Å². The van der Waals surface area contributed by atoms with Gasteiger partial charge in [0.1, 0.15) is 0 Å². The monoisotopic (exact) mass is 385 g/mol. The summed E-state index contributed by atoms with van der Waals surface area (Å²) in [4.78, 5) is 10.7. The Morgan fingerprint density at radius 1 is 1.31 bits per heavy atom. The van der Waals surface area contributed by atoms with Gasteiger partial charge in [0.25, 0.3) is 0 Å². The topological polar surface area (TPSA) is 37.3 Å². The van der Waals surface area contributed by atoms with Gasteiger partial charge in [-0.15, -0.1) is 0 Å². The van der Waals surface area contributed by atoms with Crippen molar-refractivity contribution in [3.8, 4) is 0 Å². The second-order valence-electron chi connectivity index (χ2n) is 1.80. The van der Waals surface area contributed by atoms with Crippen LogP contribution < -0.4 is 0 Å². The third-order valence-electron chi connectivity index (χ3n) is 1.12. The zero-order chi connectivity index (χ0) is 9.56. The van der Waals surface area contributed by atoms with Crippen LogP contribution in [0.3, 0.4) is 0 Å². The molecule has 0 aliphatic heterocycles. The predicted molar refractivity (Wildman–Crippen MR) is 50.4 cm³/mol. The van der Waals surface area contributed by atoms with Gasteiger partial charge >= 0.3 is 33.6 Å². The third kappa shape index (κ3) is 5.21. The Morgan fingerprint density at radius 2 is 1.77 bits per heavy atom. The Hall–Kier alpha value is -0.155. The van der Waals surface area contributed by atoms with E-state index in [-0.39, 0.29) is 33.2 Å². The van der Waals surface area contributed by atoms with Gasteiger partial charge in [-0.1, -0.05) is 32.0 Å². The number of carboxylic acids is 1. The molecule has 4 heteroatoms. The van der Waals surface area contributed by atoms with E-state index in [1.54, 1.807) is 18.2 Å². The van der Waals surface area contributed by atoms with Gasteiger partial charge < -0.3 is 17.7 Å². The molecule has 0 atom stereocenters. The van der Waals surface area contributed by atoms with Crippen LogP contribution in [-0.2, 0) is 40.3 Å². The molecule has 67 valence electrons. The van der Waals surface area contributed by atoms with E-state index in [2.05, 4.69) is 0 Å². The molecule has 0 amide bonds. The second kappa shape index (κ2) is 8.44. The summed E-state index contributed by atoms with van der Waals surface area (Å²) in [6.07, 6.45) is 0. The van der Waals surface area contributed by atoms with Gasteiger partial charge in [-0.05, 0) is 6.07 Å². The van der Waals surface area contributed by atoms with Gasteiger partial charge in [-0.25, -0.2) is 4.79 Å². The molecule has 1 N–H and O–H groups in total. The van der Waals surface area contributed by atoms with Crippen LogP contribution in [0.4, 0.5) is 0 Å². The quantitative estimate of drug-likeness (QED) is 0.597. The summed E-state index contributed by atoms with van der Waals surface area (Å²) >= 11 is 4.75. The summed E-state index contributed by atoms with van der Waals surface area (Å²) in [7, 11) is 0. The molecule has 1 aromatic carbocycles. The Morgan fingerprint density at radius 3 is 2.08 bits per heavy atom. The van der Waals surface area contributed by atoms with Crippen molar-refractivity contribution in [2.75, 3.05) is 0 Å². The van der Waals surface area contributed by atoms with Crippen LogP contribution >= 0.6 is 0 Å². The maximum absolute atomic E-state index is 10.4. The second-order valence-corrected chi connectivity index (χ2v) is 2.24. The van der Waals surface area contributed by atoms with Crippen molar-refractivity contribution in [3.63, 3.8) is 0 Å². The van der Waals surface area contributed by atoms with E-state index in [4.69, 9.17) is 17.7 Å². The van der Waals surface area contributed by atoms with Crippen molar-refractivity contribution in [2.24, 2.45) is 0 Å². The van der Waals surface area contributed by atoms with E-state index < -0.39 is 5.97 Å². The number of carbonyl (C=O) groups is 1. The number of hydrogen-bond donors (Lipinski definition) is 1. The summed E-state index contributed by atoms with van der Waals surface area (Å²) < 4.78 is 0. The van der Waals surface area contributed by atoms with Crippen molar-refractivity contribution in [2.45, 2.75) is 18.7 Å². The minimum atomic E-state index is -0.967. The average Bonchev–Trinajstić information content (AvgIpc) is 2.08. The van der Waals surface area contributed by atoms with Crippen molar-refractivity contribution in [1.82, 2.24) is 0 Å². The van der Waals surface area contributed by atoms with Gasteiger partial charge in [0.05, 0.1) is 0 Å². The van der Waals surface area contributed by atoms with Gasteiger partial charge in [0, 0.05) is 5.56 Å². The number of benzene rings is 1. The normalized spacial score (nSPS) is 7.54. The van der Waals surface area contributed by atoms with Gasteiger partial charge in [-0.3, -0.25) is 0 Å². The number of carboxylic acid groups (broad SMARTS) is 1. The van der Waals surface area contributed by atoms with Crippen molar-refractivity contribution >= 4 is 18.6 Å². The van der Waals surface area contributed by atoms with E-state index in [1.807, 2.05) is 13.8 Å². The molecule has 0 aliphatic carbocycles. The van der Waals surface area contributed by atoms with Crippen molar-refractivity contribution in [3.05, 3.63) is 29.8 Å². The molecular formula is C9H11HgO2S. The van der Waals surface area contributed by atoms with Crippen LogP contribution in [0, 0.1) is 0 Å². The SMILES string of the molecule is CC.O=C(O)c1ccccc1[S-].[Hg+]. The minimum Gasteiger partial charge on any atom is -0.779 e. The van der Waals surface area contributed by atoms with Gasteiger partial charge in [-0.2, -0.15) is 4.90 Å². The van der Waals surface area contributed by atoms with Crippen LogP contribution in [-0.4, -0.2) is 11.1 Å². The number of aromatic carboxylic acids is 1. The fourth-order valence-electron chi connectivity index (χ4n) is 0.643. The molecule has 0 aliphatic rings. The van der Waals surface area contributed by atoms with Gasteiger partial charge in [0.15, 0.2) is 0 Å². The maximum atomic E-state index is 10.4.